The van der Waals surface area contributed by atoms with Gasteiger partial charge in [-0.1, -0.05) is 13.8 Å². The SMILES string of the molecule is Cc1cc(F)c(Br)cc1N1CC(C2CC2)NCC1C(C)C. The van der Waals surface area contributed by atoms with Gasteiger partial charge >= 0.3 is 0 Å². The highest BCUT2D eigenvalue weighted by atomic mass is 79.9. The van der Waals surface area contributed by atoms with Crippen molar-refractivity contribution in [2.75, 3.05) is 18.0 Å². The Balaban J connectivity index is 1.92. The molecule has 1 heterocycles. The van der Waals surface area contributed by atoms with Gasteiger partial charge in [-0.15, -0.1) is 0 Å². The molecule has 116 valence electrons. The number of nitrogens with one attached hydrogen (secondary N) is 1. The minimum atomic E-state index is -0.175. The van der Waals surface area contributed by atoms with Gasteiger partial charge in [0.15, 0.2) is 0 Å². The fourth-order valence-corrected chi connectivity index (χ4v) is 3.76. The van der Waals surface area contributed by atoms with E-state index in [-0.39, 0.29) is 5.82 Å². The highest BCUT2D eigenvalue weighted by Gasteiger charge is 2.38. The zero-order valence-electron chi connectivity index (χ0n) is 13.0. The number of nitrogens with zero attached hydrogens (tertiary/aromatic N) is 1. The maximum absolute atomic E-state index is 13.7. The second-order valence-electron chi connectivity index (χ2n) is 6.87. The van der Waals surface area contributed by atoms with Crippen LogP contribution in [0, 0.1) is 24.6 Å². The largest absolute Gasteiger partial charge is 0.365 e. The minimum Gasteiger partial charge on any atom is -0.365 e. The van der Waals surface area contributed by atoms with Crippen LogP contribution in [-0.2, 0) is 0 Å². The summed E-state index contributed by atoms with van der Waals surface area (Å²) in [4.78, 5) is 2.50. The van der Waals surface area contributed by atoms with E-state index in [0.717, 1.165) is 24.6 Å². The summed E-state index contributed by atoms with van der Waals surface area (Å²) in [6, 6.07) is 4.65. The topological polar surface area (TPSA) is 15.3 Å². The van der Waals surface area contributed by atoms with E-state index in [0.29, 0.717) is 22.5 Å². The van der Waals surface area contributed by atoms with Crippen molar-refractivity contribution >= 4 is 21.6 Å². The minimum absolute atomic E-state index is 0.175. The number of aryl methyl sites for hydroxylation is 1. The molecule has 0 spiro atoms. The summed E-state index contributed by atoms with van der Waals surface area (Å²) in [5.74, 6) is 1.23. The Labute approximate surface area is 135 Å². The standard InChI is InChI=1S/C17H24BrFN2/c1-10(2)17-8-20-15(12-4-5-12)9-21(17)16-7-13(18)14(19)6-11(16)3/h6-7,10,12,15,17,20H,4-5,8-9H2,1-3H3. The molecule has 1 aliphatic carbocycles. The first-order valence-corrected chi connectivity index (χ1v) is 8.72. The lowest BCUT2D eigenvalue weighted by molar-refractivity contribution is 0.320. The first kappa shape index (κ1) is 15.3. The summed E-state index contributed by atoms with van der Waals surface area (Å²) in [5.41, 5.74) is 2.20. The Kier molecular flexibility index (Phi) is 4.28. The molecule has 1 saturated heterocycles. The van der Waals surface area contributed by atoms with Crippen LogP contribution in [0.3, 0.4) is 0 Å². The van der Waals surface area contributed by atoms with Gasteiger partial charge in [0.2, 0.25) is 0 Å². The summed E-state index contributed by atoms with van der Waals surface area (Å²) < 4.78 is 14.3. The normalized spacial score (nSPS) is 26.5. The lowest BCUT2D eigenvalue weighted by Crippen LogP contribution is -2.59. The maximum Gasteiger partial charge on any atom is 0.137 e. The molecule has 0 radical (unpaired) electrons. The fourth-order valence-electron chi connectivity index (χ4n) is 3.43. The molecule has 4 heteroatoms. The van der Waals surface area contributed by atoms with Crippen LogP contribution in [-0.4, -0.2) is 25.2 Å². The van der Waals surface area contributed by atoms with Crippen LogP contribution in [0.2, 0.25) is 0 Å². The predicted octanol–water partition coefficient (Wildman–Crippen LogP) is 4.11. The number of piperazine rings is 1. The molecule has 1 N–H and O–H groups in total. The highest BCUT2D eigenvalue weighted by molar-refractivity contribution is 9.10. The van der Waals surface area contributed by atoms with Crippen LogP contribution >= 0.6 is 15.9 Å². The maximum atomic E-state index is 13.7. The Morgan fingerprint density at radius 2 is 2.05 bits per heavy atom. The van der Waals surface area contributed by atoms with Gasteiger partial charge in [0, 0.05) is 30.9 Å². The number of rotatable bonds is 3. The van der Waals surface area contributed by atoms with Gasteiger partial charge in [0.25, 0.3) is 0 Å². The highest BCUT2D eigenvalue weighted by Crippen LogP contribution is 2.37. The van der Waals surface area contributed by atoms with Crippen LogP contribution in [0.15, 0.2) is 16.6 Å². The van der Waals surface area contributed by atoms with Crippen molar-refractivity contribution < 1.29 is 4.39 Å². The molecule has 1 aromatic rings. The third-order valence-electron chi connectivity index (χ3n) is 4.89. The predicted molar refractivity (Wildman–Crippen MR) is 89.3 cm³/mol. The number of anilines is 1. The molecule has 0 bridgehead atoms. The Morgan fingerprint density at radius 1 is 1.33 bits per heavy atom. The van der Waals surface area contributed by atoms with E-state index < -0.39 is 0 Å². The lowest BCUT2D eigenvalue weighted by Gasteiger charge is -2.44. The first-order chi connectivity index (χ1) is 9.97. The summed E-state index contributed by atoms with van der Waals surface area (Å²) in [6.45, 7) is 8.60. The Bertz CT molecular complexity index is 528. The first-order valence-electron chi connectivity index (χ1n) is 7.93. The monoisotopic (exact) mass is 354 g/mol. The van der Waals surface area contributed by atoms with Crippen molar-refractivity contribution in [2.45, 2.75) is 45.7 Å². The van der Waals surface area contributed by atoms with Gasteiger partial charge in [0.05, 0.1) is 4.47 Å². The van der Waals surface area contributed by atoms with Crippen molar-refractivity contribution in [2.24, 2.45) is 11.8 Å². The molecule has 0 aromatic heterocycles. The lowest BCUT2D eigenvalue weighted by atomic mass is 9.95. The van der Waals surface area contributed by atoms with E-state index in [2.05, 4.69) is 40.0 Å². The van der Waals surface area contributed by atoms with Gasteiger partial charge in [-0.2, -0.15) is 0 Å². The molecule has 2 atom stereocenters. The van der Waals surface area contributed by atoms with Crippen LogP contribution in [0.4, 0.5) is 10.1 Å². The van der Waals surface area contributed by atoms with Gasteiger partial charge in [-0.05, 0) is 65.2 Å². The van der Waals surface area contributed by atoms with E-state index in [1.807, 2.05) is 13.0 Å². The summed E-state index contributed by atoms with van der Waals surface area (Å²) in [6.07, 6.45) is 2.70. The smallest absolute Gasteiger partial charge is 0.137 e. The number of halogens is 2. The van der Waals surface area contributed by atoms with E-state index in [9.17, 15) is 4.39 Å². The van der Waals surface area contributed by atoms with Gasteiger partial charge in [-0.25, -0.2) is 4.39 Å². The molecule has 3 rings (SSSR count). The van der Waals surface area contributed by atoms with E-state index in [4.69, 9.17) is 0 Å². The number of benzene rings is 1. The summed E-state index contributed by atoms with van der Waals surface area (Å²) in [7, 11) is 0. The van der Waals surface area contributed by atoms with Gasteiger partial charge in [-0.3, -0.25) is 0 Å². The molecule has 2 fully saturated rings. The number of hydrogen-bond acceptors (Lipinski definition) is 2. The molecule has 1 aliphatic heterocycles. The van der Waals surface area contributed by atoms with Gasteiger partial charge < -0.3 is 10.2 Å². The molecule has 2 aliphatic rings. The zero-order chi connectivity index (χ0) is 15.1. The molecule has 21 heavy (non-hydrogen) atoms. The van der Waals surface area contributed by atoms with E-state index in [1.165, 1.54) is 18.5 Å². The van der Waals surface area contributed by atoms with Crippen LogP contribution < -0.4 is 10.2 Å². The summed E-state index contributed by atoms with van der Waals surface area (Å²) >= 11 is 3.34. The second-order valence-corrected chi connectivity index (χ2v) is 7.72. The molecular formula is C17H24BrFN2. The van der Waals surface area contributed by atoms with Crippen molar-refractivity contribution in [3.8, 4) is 0 Å². The molecule has 0 amide bonds. The third-order valence-corrected chi connectivity index (χ3v) is 5.50. The van der Waals surface area contributed by atoms with Crippen LogP contribution in [0.5, 0.6) is 0 Å². The Hall–Kier alpha value is -0.610. The van der Waals surface area contributed by atoms with Crippen molar-refractivity contribution in [3.63, 3.8) is 0 Å². The van der Waals surface area contributed by atoms with Crippen LogP contribution in [0.25, 0.3) is 0 Å². The van der Waals surface area contributed by atoms with Crippen molar-refractivity contribution in [3.05, 3.63) is 28.0 Å². The van der Waals surface area contributed by atoms with Gasteiger partial charge in [0.1, 0.15) is 5.82 Å². The fraction of sp³-hybridized carbons (Fsp3) is 0.647. The van der Waals surface area contributed by atoms with Crippen molar-refractivity contribution in [1.82, 2.24) is 5.32 Å². The third kappa shape index (κ3) is 3.11. The average Bonchev–Trinajstić information content (AvgIpc) is 3.26. The van der Waals surface area contributed by atoms with E-state index in [1.54, 1.807) is 6.07 Å². The Morgan fingerprint density at radius 3 is 2.67 bits per heavy atom. The molecular weight excluding hydrogens is 331 g/mol. The van der Waals surface area contributed by atoms with Crippen molar-refractivity contribution in [1.29, 1.82) is 0 Å². The molecule has 1 aromatic carbocycles. The zero-order valence-corrected chi connectivity index (χ0v) is 14.6. The molecule has 2 unspecified atom stereocenters. The average molecular weight is 355 g/mol. The second kappa shape index (κ2) is 5.88. The quantitative estimate of drug-likeness (QED) is 0.878. The summed E-state index contributed by atoms with van der Waals surface area (Å²) in [5, 5.41) is 3.73. The molecule has 2 nitrogen and oxygen atoms in total. The molecule has 1 saturated carbocycles. The number of hydrogen-bond donors (Lipinski definition) is 1. The van der Waals surface area contributed by atoms with E-state index >= 15 is 0 Å². The van der Waals surface area contributed by atoms with Crippen LogP contribution in [0.1, 0.15) is 32.3 Å².